The van der Waals surface area contributed by atoms with Crippen LogP contribution in [0.1, 0.15) is 39.5 Å². The second-order valence-corrected chi connectivity index (χ2v) is 5.36. The summed E-state index contributed by atoms with van der Waals surface area (Å²) in [5.41, 5.74) is 0. The normalized spacial score (nSPS) is 20.6. The van der Waals surface area contributed by atoms with Crippen molar-refractivity contribution in [3.05, 3.63) is 0 Å². The molecule has 1 aliphatic rings. The van der Waals surface area contributed by atoms with Gasteiger partial charge in [-0.3, -0.25) is 0 Å². The van der Waals surface area contributed by atoms with E-state index in [0.29, 0.717) is 13.0 Å². The van der Waals surface area contributed by atoms with E-state index in [1.54, 1.807) is 18.7 Å². The third-order valence-corrected chi connectivity index (χ3v) is 3.55. The van der Waals surface area contributed by atoms with Crippen LogP contribution in [-0.4, -0.2) is 52.3 Å². The molecule has 6 nitrogen and oxygen atoms in total. The van der Waals surface area contributed by atoms with E-state index in [2.05, 4.69) is 5.32 Å². The molecule has 1 saturated heterocycles. The number of nitrogens with zero attached hydrogens (tertiary/aromatic N) is 1. The smallest absolute Gasteiger partial charge is 0.326 e. The molecular weight excluding hydrogens is 248 g/mol. The maximum atomic E-state index is 12.1. The molecule has 1 aliphatic heterocycles. The minimum Gasteiger partial charge on any atom is -0.480 e. The zero-order valence-corrected chi connectivity index (χ0v) is 11.6. The first kappa shape index (κ1) is 15.8. The van der Waals surface area contributed by atoms with Crippen LogP contribution >= 0.6 is 0 Å². The van der Waals surface area contributed by atoms with Gasteiger partial charge in [0.1, 0.15) is 6.04 Å². The van der Waals surface area contributed by atoms with Crippen LogP contribution in [0.2, 0.25) is 0 Å². The van der Waals surface area contributed by atoms with E-state index in [0.717, 1.165) is 19.3 Å². The molecule has 0 aromatic rings. The Bertz CT molecular complexity index is 320. The fourth-order valence-corrected chi connectivity index (χ4v) is 2.46. The van der Waals surface area contributed by atoms with E-state index in [9.17, 15) is 9.59 Å². The number of carboxylic acid groups (broad SMARTS) is 1. The van der Waals surface area contributed by atoms with Gasteiger partial charge in [-0.25, -0.2) is 9.59 Å². The van der Waals surface area contributed by atoms with Gasteiger partial charge in [0.2, 0.25) is 0 Å². The standard InChI is InChI=1S/C13H24N2O4/c1-9(2)11(12(17)18)14-13(19)15-7-3-5-10(15)6-4-8-16/h9-11,16H,3-8H2,1-2H3,(H,14,19)(H,17,18)/t10?,11-/m0/s1. The summed E-state index contributed by atoms with van der Waals surface area (Å²) in [6, 6.07) is -1.04. The third-order valence-electron chi connectivity index (χ3n) is 3.55. The predicted octanol–water partition coefficient (Wildman–Crippen LogP) is 1.04. The van der Waals surface area contributed by atoms with E-state index in [-0.39, 0.29) is 24.6 Å². The van der Waals surface area contributed by atoms with Crippen LogP contribution < -0.4 is 5.32 Å². The topological polar surface area (TPSA) is 89.9 Å². The number of carboxylic acids is 1. The number of carbonyl (C=O) groups excluding carboxylic acids is 1. The summed E-state index contributed by atoms with van der Waals surface area (Å²) in [5.74, 6) is -1.16. The zero-order chi connectivity index (χ0) is 14.4. The summed E-state index contributed by atoms with van der Waals surface area (Å²) in [4.78, 5) is 24.9. The number of rotatable bonds is 6. The Morgan fingerprint density at radius 1 is 1.42 bits per heavy atom. The van der Waals surface area contributed by atoms with Crippen LogP contribution in [0, 0.1) is 5.92 Å². The van der Waals surface area contributed by atoms with Gasteiger partial charge in [0.05, 0.1) is 0 Å². The van der Waals surface area contributed by atoms with E-state index in [1.165, 1.54) is 0 Å². The van der Waals surface area contributed by atoms with Gasteiger partial charge < -0.3 is 20.4 Å². The summed E-state index contributed by atoms with van der Waals surface area (Å²) in [6.07, 6.45) is 3.29. The van der Waals surface area contributed by atoms with Crippen molar-refractivity contribution in [2.75, 3.05) is 13.2 Å². The van der Waals surface area contributed by atoms with Crippen LogP contribution in [0.4, 0.5) is 4.79 Å². The molecule has 1 heterocycles. The van der Waals surface area contributed by atoms with Crippen molar-refractivity contribution in [3.8, 4) is 0 Å². The number of likely N-dealkylation sites (tertiary alicyclic amines) is 1. The quantitative estimate of drug-likeness (QED) is 0.674. The van der Waals surface area contributed by atoms with Crippen LogP contribution in [0.5, 0.6) is 0 Å². The van der Waals surface area contributed by atoms with Gasteiger partial charge in [-0.2, -0.15) is 0 Å². The van der Waals surface area contributed by atoms with Gasteiger partial charge in [0.15, 0.2) is 0 Å². The van der Waals surface area contributed by atoms with Crippen molar-refractivity contribution >= 4 is 12.0 Å². The first-order valence-corrected chi connectivity index (χ1v) is 6.88. The fourth-order valence-electron chi connectivity index (χ4n) is 2.46. The number of urea groups is 1. The molecule has 19 heavy (non-hydrogen) atoms. The molecule has 1 fully saturated rings. The predicted molar refractivity (Wildman–Crippen MR) is 70.8 cm³/mol. The van der Waals surface area contributed by atoms with Crippen molar-refractivity contribution in [1.82, 2.24) is 10.2 Å². The van der Waals surface area contributed by atoms with E-state index >= 15 is 0 Å². The first-order valence-electron chi connectivity index (χ1n) is 6.88. The average Bonchev–Trinajstić information content (AvgIpc) is 2.80. The molecule has 0 aromatic heterocycles. The van der Waals surface area contributed by atoms with Gasteiger partial charge in [-0.1, -0.05) is 13.8 Å². The van der Waals surface area contributed by atoms with Crippen LogP contribution in [0.25, 0.3) is 0 Å². The molecule has 0 radical (unpaired) electrons. The molecule has 2 atom stereocenters. The van der Waals surface area contributed by atoms with Crippen molar-refractivity contribution in [3.63, 3.8) is 0 Å². The summed E-state index contributed by atoms with van der Waals surface area (Å²) in [7, 11) is 0. The molecule has 0 spiro atoms. The number of hydrogen-bond donors (Lipinski definition) is 3. The number of aliphatic carboxylic acids is 1. The molecule has 1 unspecified atom stereocenters. The zero-order valence-electron chi connectivity index (χ0n) is 11.6. The van der Waals surface area contributed by atoms with Crippen molar-refractivity contribution in [2.45, 2.75) is 51.6 Å². The lowest BCUT2D eigenvalue weighted by molar-refractivity contribution is -0.140. The minimum absolute atomic E-state index is 0.119. The highest BCUT2D eigenvalue weighted by Gasteiger charge is 2.31. The summed E-state index contributed by atoms with van der Waals surface area (Å²) in [5, 5.41) is 20.5. The maximum Gasteiger partial charge on any atom is 0.326 e. The molecule has 6 heteroatoms. The summed E-state index contributed by atoms with van der Waals surface area (Å²) >= 11 is 0. The Balaban J connectivity index is 2.58. The van der Waals surface area contributed by atoms with Gasteiger partial charge in [0, 0.05) is 19.2 Å². The van der Waals surface area contributed by atoms with Gasteiger partial charge in [-0.05, 0) is 31.6 Å². The number of hydrogen-bond acceptors (Lipinski definition) is 3. The molecule has 110 valence electrons. The van der Waals surface area contributed by atoms with Gasteiger partial charge >= 0.3 is 12.0 Å². The molecule has 0 aliphatic carbocycles. The van der Waals surface area contributed by atoms with E-state index in [4.69, 9.17) is 10.2 Å². The Morgan fingerprint density at radius 2 is 2.11 bits per heavy atom. The summed E-state index contributed by atoms with van der Waals surface area (Å²) < 4.78 is 0. The lowest BCUT2D eigenvalue weighted by atomic mass is 10.1. The Labute approximate surface area is 113 Å². The highest BCUT2D eigenvalue weighted by Crippen LogP contribution is 2.21. The monoisotopic (exact) mass is 272 g/mol. The van der Waals surface area contributed by atoms with Gasteiger partial charge in [-0.15, -0.1) is 0 Å². The average molecular weight is 272 g/mol. The second kappa shape index (κ2) is 7.33. The van der Waals surface area contributed by atoms with E-state index < -0.39 is 12.0 Å². The first-order chi connectivity index (χ1) is 8.97. The number of carbonyl (C=O) groups is 2. The fraction of sp³-hybridized carbons (Fsp3) is 0.846. The van der Waals surface area contributed by atoms with Crippen LogP contribution in [0.3, 0.4) is 0 Å². The van der Waals surface area contributed by atoms with Crippen LogP contribution in [-0.2, 0) is 4.79 Å². The Hall–Kier alpha value is -1.30. The Kier molecular flexibility index (Phi) is 6.08. The lowest BCUT2D eigenvalue weighted by Crippen LogP contribution is -2.51. The molecule has 0 saturated carbocycles. The second-order valence-electron chi connectivity index (χ2n) is 5.36. The highest BCUT2D eigenvalue weighted by atomic mass is 16.4. The van der Waals surface area contributed by atoms with Gasteiger partial charge in [0.25, 0.3) is 0 Å². The molecule has 0 aromatic carbocycles. The number of aliphatic hydroxyl groups is 1. The lowest BCUT2D eigenvalue weighted by Gasteiger charge is -2.27. The number of aliphatic hydroxyl groups excluding tert-OH is 1. The molecule has 1 rings (SSSR count). The molecular formula is C13H24N2O4. The molecule has 3 N–H and O–H groups in total. The minimum atomic E-state index is -1.01. The van der Waals surface area contributed by atoms with Crippen molar-refractivity contribution < 1.29 is 19.8 Å². The summed E-state index contributed by atoms with van der Waals surface area (Å²) in [6.45, 7) is 4.32. The largest absolute Gasteiger partial charge is 0.480 e. The molecule has 0 bridgehead atoms. The van der Waals surface area contributed by atoms with E-state index in [1.807, 2.05) is 0 Å². The SMILES string of the molecule is CC(C)[C@H](NC(=O)N1CCCC1CCCO)C(=O)O. The Morgan fingerprint density at radius 3 is 2.63 bits per heavy atom. The highest BCUT2D eigenvalue weighted by molar-refractivity contribution is 5.83. The van der Waals surface area contributed by atoms with Crippen LogP contribution in [0.15, 0.2) is 0 Å². The number of amides is 2. The molecule has 2 amide bonds. The number of nitrogens with one attached hydrogen (secondary N) is 1. The van der Waals surface area contributed by atoms with Crippen molar-refractivity contribution in [1.29, 1.82) is 0 Å². The van der Waals surface area contributed by atoms with Crippen molar-refractivity contribution in [2.24, 2.45) is 5.92 Å². The maximum absolute atomic E-state index is 12.1. The third kappa shape index (κ3) is 4.38.